The molecule has 1 fully saturated rings. The Kier molecular flexibility index (Phi) is 3.16. The normalized spacial score (nSPS) is 30.1. The molecule has 18 heavy (non-hydrogen) atoms. The molecule has 0 aromatic heterocycles. The number of fused-ring (bicyclic) bond motifs is 1. The zero-order valence-electron chi connectivity index (χ0n) is 11.4. The van der Waals surface area contributed by atoms with Gasteiger partial charge in [0.05, 0.1) is 11.7 Å². The second kappa shape index (κ2) is 4.67. The minimum atomic E-state index is 0.0822. The lowest BCUT2D eigenvalue weighted by Gasteiger charge is -2.29. The van der Waals surface area contributed by atoms with Crippen molar-refractivity contribution in [3.63, 3.8) is 0 Å². The van der Waals surface area contributed by atoms with Crippen molar-refractivity contribution >= 4 is 0 Å². The summed E-state index contributed by atoms with van der Waals surface area (Å²) in [6.45, 7) is 5.50. The lowest BCUT2D eigenvalue weighted by molar-refractivity contribution is -0.0223. The molecule has 0 aliphatic carbocycles. The fraction of sp³-hybridized carbons (Fsp3) is 0.625. The Labute approximate surface area is 110 Å². The minimum absolute atomic E-state index is 0.0822. The van der Waals surface area contributed by atoms with Gasteiger partial charge in [0.15, 0.2) is 0 Å². The van der Waals surface area contributed by atoms with Crippen LogP contribution in [-0.2, 0) is 11.2 Å². The molecule has 0 bridgehead atoms. The number of hydrogen-bond acceptors (Lipinski definition) is 2. The summed E-state index contributed by atoms with van der Waals surface area (Å²) >= 11 is 0. The van der Waals surface area contributed by atoms with E-state index in [1.807, 2.05) is 0 Å². The molecule has 0 radical (unpaired) electrons. The Bertz CT molecular complexity index is 427. The molecule has 0 saturated carbocycles. The minimum Gasteiger partial charge on any atom is -0.372 e. The molecule has 1 aromatic rings. The Morgan fingerprint density at radius 3 is 2.94 bits per heavy atom. The summed E-state index contributed by atoms with van der Waals surface area (Å²) in [5, 5.41) is 3.65. The molecule has 2 atom stereocenters. The molecular formula is C16H23NO. The average molecular weight is 245 g/mol. The summed E-state index contributed by atoms with van der Waals surface area (Å²) in [6.07, 6.45) is 5.08. The van der Waals surface area contributed by atoms with Gasteiger partial charge in [0.25, 0.3) is 0 Å². The molecule has 1 saturated heterocycles. The second-order valence-corrected chi connectivity index (χ2v) is 6.23. The van der Waals surface area contributed by atoms with E-state index in [1.54, 1.807) is 0 Å². The van der Waals surface area contributed by atoms with Crippen molar-refractivity contribution in [2.75, 3.05) is 6.54 Å². The Balaban J connectivity index is 1.71. The van der Waals surface area contributed by atoms with E-state index >= 15 is 0 Å². The van der Waals surface area contributed by atoms with E-state index in [-0.39, 0.29) is 5.60 Å². The highest BCUT2D eigenvalue weighted by Gasteiger charge is 2.33. The zero-order valence-corrected chi connectivity index (χ0v) is 11.4. The van der Waals surface area contributed by atoms with Crippen molar-refractivity contribution < 1.29 is 4.74 Å². The largest absolute Gasteiger partial charge is 0.372 e. The molecule has 98 valence electrons. The van der Waals surface area contributed by atoms with Gasteiger partial charge in [-0.15, -0.1) is 0 Å². The molecule has 0 spiro atoms. The molecule has 2 nitrogen and oxygen atoms in total. The zero-order chi connectivity index (χ0) is 12.6. The molecule has 2 aliphatic heterocycles. The third kappa shape index (κ3) is 2.45. The summed E-state index contributed by atoms with van der Waals surface area (Å²) < 4.78 is 6.13. The number of hydrogen-bond donors (Lipinski definition) is 1. The van der Waals surface area contributed by atoms with Crippen LogP contribution >= 0.6 is 0 Å². The van der Waals surface area contributed by atoms with Crippen LogP contribution < -0.4 is 5.32 Å². The smallest absolute Gasteiger partial charge is 0.0631 e. The van der Waals surface area contributed by atoms with Gasteiger partial charge in [-0.2, -0.15) is 0 Å². The lowest BCUT2D eigenvalue weighted by atomic mass is 9.90. The molecule has 1 aromatic carbocycles. The summed E-state index contributed by atoms with van der Waals surface area (Å²) in [5.41, 5.74) is 3.08. The van der Waals surface area contributed by atoms with Gasteiger partial charge in [-0.3, -0.25) is 0 Å². The van der Waals surface area contributed by atoms with E-state index in [0.29, 0.717) is 12.1 Å². The third-order valence-corrected chi connectivity index (χ3v) is 4.27. The average Bonchev–Trinajstić information content (AvgIpc) is 2.69. The Morgan fingerprint density at radius 1 is 1.33 bits per heavy atom. The van der Waals surface area contributed by atoms with Crippen molar-refractivity contribution in [2.45, 2.75) is 57.3 Å². The van der Waals surface area contributed by atoms with Crippen LogP contribution in [0.5, 0.6) is 0 Å². The highest BCUT2D eigenvalue weighted by Crippen LogP contribution is 2.35. The SMILES string of the molecule is CC1(C)CCC(CC2NCCc3ccccc32)O1. The highest BCUT2D eigenvalue weighted by atomic mass is 16.5. The van der Waals surface area contributed by atoms with Crippen LogP contribution in [0.1, 0.15) is 50.3 Å². The van der Waals surface area contributed by atoms with Gasteiger partial charge < -0.3 is 10.1 Å². The van der Waals surface area contributed by atoms with Crippen molar-refractivity contribution in [3.05, 3.63) is 35.4 Å². The number of nitrogens with one attached hydrogen (secondary N) is 1. The first-order valence-electron chi connectivity index (χ1n) is 7.13. The van der Waals surface area contributed by atoms with E-state index in [4.69, 9.17) is 4.74 Å². The fourth-order valence-corrected chi connectivity index (χ4v) is 3.31. The lowest BCUT2D eigenvalue weighted by Crippen LogP contribution is -2.32. The topological polar surface area (TPSA) is 21.3 Å². The van der Waals surface area contributed by atoms with Gasteiger partial charge >= 0.3 is 0 Å². The fourth-order valence-electron chi connectivity index (χ4n) is 3.31. The molecule has 2 heteroatoms. The molecule has 1 N–H and O–H groups in total. The third-order valence-electron chi connectivity index (χ3n) is 4.27. The van der Waals surface area contributed by atoms with Crippen LogP contribution in [0.15, 0.2) is 24.3 Å². The number of ether oxygens (including phenoxy) is 1. The summed E-state index contributed by atoms with van der Waals surface area (Å²) in [5.74, 6) is 0. The van der Waals surface area contributed by atoms with Crippen molar-refractivity contribution in [2.24, 2.45) is 0 Å². The van der Waals surface area contributed by atoms with Gasteiger partial charge in [0.2, 0.25) is 0 Å². The standard InChI is InChI=1S/C16H23NO/c1-16(2)9-7-13(18-16)11-15-14-6-4-3-5-12(14)8-10-17-15/h3-6,13,15,17H,7-11H2,1-2H3. The maximum Gasteiger partial charge on any atom is 0.0631 e. The Hall–Kier alpha value is -0.860. The highest BCUT2D eigenvalue weighted by molar-refractivity contribution is 5.32. The van der Waals surface area contributed by atoms with Crippen LogP contribution in [0.25, 0.3) is 0 Å². The number of rotatable bonds is 2. The molecular weight excluding hydrogens is 222 g/mol. The summed E-state index contributed by atoms with van der Waals surface area (Å²) in [7, 11) is 0. The maximum atomic E-state index is 6.13. The van der Waals surface area contributed by atoms with Gasteiger partial charge in [-0.25, -0.2) is 0 Å². The molecule has 2 heterocycles. The van der Waals surface area contributed by atoms with Crippen LogP contribution in [0.4, 0.5) is 0 Å². The van der Waals surface area contributed by atoms with Crippen LogP contribution in [0.3, 0.4) is 0 Å². The van der Waals surface area contributed by atoms with E-state index in [9.17, 15) is 0 Å². The van der Waals surface area contributed by atoms with Gasteiger partial charge in [0.1, 0.15) is 0 Å². The monoisotopic (exact) mass is 245 g/mol. The predicted octanol–water partition coefficient (Wildman–Crippen LogP) is 3.22. The predicted molar refractivity (Wildman–Crippen MR) is 73.7 cm³/mol. The maximum absolute atomic E-state index is 6.13. The molecule has 2 unspecified atom stereocenters. The van der Waals surface area contributed by atoms with E-state index in [1.165, 1.54) is 24.0 Å². The van der Waals surface area contributed by atoms with Gasteiger partial charge in [-0.1, -0.05) is 24.3 Å². The quantitative estimate of drug-likeness (QED) is 0.864. The molecule has 0 amide bonds. The van der Waals surface area contributed by atoms with Crippen molar-refractivity contribution in [1.82, 2.24) is 5.32 Å². The van der Waals surface area contributed by atoms with Crippen molar-refractivity contribution in [1.29, 1.82) is 0 Å². The van der Waals surface area contributed by atoms with Gasteiger partial charge in [0, 0.05) is 6.04 Å². The second-order valence-electron chi connectivity index (χ2n) is 6.23. The van der Waals surface area contributed by atoms with Crippen LogP contribution in [-0.4, -0.2) is 18.2 Å². The van der Waals surface area contributed by atoms with Crippen LogP contribution in [0.2, 0.25) is 0 Å². The first-order valence-corrected chi connectivity index (χ1v) is 7.13. The summed E-state index contributed by atoms with van der Waals surface area (Å²) in [4.78, 5) is 0. The molecule has 2 aliphatic rings. The van der Waals surface area contributed by atoms with E-state index in [0.717, 1.165) is 19.4 Å². The number of benzene rings is 1. The summed E-state index contributed by atoms with van der Waals surface area (Å²) in [6, 6.07) is 9.32. The van der Waals surface area contributed by atoms with Crippen LogP contribution in [0, 0.1) is 0 Å². The van der Waals surface area contributed by atoms with E-state index < -0.39 is 0 Å². The van der Waals surface area contributed by atoms with Crippen molar-refractivity contribution in [3.8, 4) is 0 Å². The Morgan fingerprint density at radius 2 is 2.17 bits per heavy atom. The first-order chi connectivity index (χ1) is 8.64. The van der Waals surface area contributed by atoms with E-state index in [2.05, 4.69) is 43.4 Å². The molecule has 3 rings (SSSR count). The van der Waals surface area contributed by atoms with Gasteiger partial charge in [-0.05, 0) is 57.2 Å². The first kappa shape index (κ1) is 12.2.